The summed E-state index contributed by atoms with van der Waals surface area (Å²) in [5, 5.41) is 3.19. The summed E-state index contributed by atoms with van der Waals surface area (Å²) < 4.78 is 27.0. The van der Waals surface area contributed by atoms with Crippen LogP contribution in [0.2, 0.25) is 0 Å². The van der Waals surface area contributed by atoms with E-state index in [2.05, 4.69) is 10.0 Å². The quantitative estimate of drug-likeness (QED) is 0.683. The average Bonchev–Trinajstić information content (AvgIpc) is 2.43. The molecular weight excluding hydrogens is 274 g/mol. The van der Waals surface area contributed by atoms with Gasteiger partial charge in [0.05, 0.1) is 5.69 Å². The second-order valence-corrected chi connectivity index (χ2v) is 7.35. The van der Waals surface area contributed by atoms with Crippen LogP contribution in [0, 0.1) is 5.41 Å². The van der Waals surface area contributed by atoms with E-state index in [1.165, 1.54) is 0 Å². The number of sulfonamides is 1. The number of benzene rings is 1. The number of nitrogens with one attached hydrogen (secondary N) is 2. The molecule has 0 saturated heterocycles. The minimum Gasteiger partial charge on any atom is -0.383 e. The summed E-state index contributed by atoms with van der Waals surface area (Å²) >= 11 is 0. The first kappa shape index (κ1) is 16.9. The van der Waals surface area contributed by atoms with Crippen LogP contribution in [0.5, 0.6) is 0 Å². The zero-order valence-electron chi connectivity index (χ0n) is 12.4. The number of nitrogens with two attached hydrogens (primary N) is 1. The third-order valence-corrected chi connectivity index (χ3v) is 4.55. The molecule has 0 aromatic heterocycles. The smallest absolute Gasteiger partial charge is 0.242 e. The second-order valence-electron chi connectivity index (χ2n) is 5.62. The third-order valence-electron chi connectivity index (χ3n) is 3.03. The molecule has 0 aliphatic heterocycles. The van der Waals surface area contributed by atoms with E-state index < -0.39 is 10.0 Å². The summed E-state index contributed by atoms with van der Waals surface area (Å²) in [4.78, 5) is 0.279. The van der Waals surface area contributed by atoms with Crippen LogP contribution >= 0.6 is 0 Å². The van der Waals surface area contributed by atoms with E-state index in [1.807, 2.05) is 26.8 Å². The van der Waals surface area contributed by atoms with Gasteiger partial charge in [0.2, 0.25) is 10.0 Å². The minimum atomic E-state index is -3.47. The Hall–Kier alpha value is -1.11. The van der Waals surface area contributed by atoms with E-state index in [9.17, 15) is 8.42 Å². The molecule has 5 nitrogen and oxygen atoms in total. The van der Waals surface area contributed by atoms with E-state index in [0.29, 0.717) is 25.3 Å². The lowest BCUT2D eigenvalue weighted by Crippen LogP contribution is -2.32. The molecule has 0 fully saturated rings. The minimum absolute atomic E-state index is 0.0896. The highest BCUT2D eigenvalue weighted by Crippen LogP contribution is 2.22. The number of hydrogen-bond donors (Lipinski definition) is 3. The first-order valence-electron chi connectivity index (χ1n) is 6.85. The van der Waals surface area contributed by atoms with Crippen molar-refractivity contribution in [2.24, 2.45) is 11.1 Å². The van der Waals surface area contributed by atoms with Gasteiger partial charge < -0.3 is 11.1 Å². The second kappa shape index (κ2) is 7.06. The van der Waals surface area contributed by atoms with Gasteiger partial charge in [-0.15, -0.1) is 0 Å². The highest BCUT2D eigenvalue weighted by Gasteiger charge is 2.20. The van der Waals surface area contributed by atoms with Gasteiger partial charge in [0.15, 0.2) is 0 Å². The van der Waals surface area contributed by atoms with E-state index >= 15 is 0 Å². The van der Waals surface area contributed by atoms with Crippen LogP contribution in [0.15, 0.2) is 29.2 Å². The number of hydrogen-bond acceptors (Lipinski definition) is 4. The van der Waals surface area contributed by atoms with Crippen molar-refractivity contribution in [3.8, 4) is 0 Å². The molecule has 1 rings (SSSR count). The Balaban J connectivity index is 2.94. The van der Waals surface area contributed by atoms with Gasteiger partial charge in [0.25, 0.3) is 0 Å². The van der Waals surface area contributed by atoms with Crippen molar-refractivity contribution >= 4 is 15.7 Å². The molecule has 0 amide bonds. The molecule has 0 unspecified atom stereocenters. The summed E-state index contributed by atoms with van der Waals surface area (Å²) in [6, 6.07) is 6.92. The molecule has 1 aromatic rings. The first-order chi connectivity index (χ1) is 9.32. The fourth-order valence-electron chi connectivity index (χ4n) is 1.57. The maximum Gasteiger partial charge on any atom is 0.242 e. The predicted molar refractivity (Wildman–Crippen MR) is 83.2 cm³/mol. The molecule has 0 heterocycles. The van der Waals surface area contributed by atoms with Crippen molar-refractivity contribution in [2.45, 2.75) is 32.1 Å². The van der Waals surface area contributed by atoms with Gasteiger partial charge in [0.1, 0.15) is 4.90 Å². The normalized spacial score (nSPS) is 12.4. The molecule has 1 aromatic carbocycles. The van der Waals surface area contributed by atoms with Crippen LogP contribution in [-0.2, 0) is 10.0 Å². The maximum absolute atomic E-state index is 12.2. The monoisotopic (exact) mass is 299 g/mol. The van der Waals surface area contributed by atoms with E-state index in [1.54, 1.807) is 18.2 Å². The van der Waals surface area contributed by atoms with Crippen molar-refractivity contribution in [3.05, 3.63) is 24.3 Å². The molecule has 0 bridgehead atoms. The number of anilines is 1. The van der Waals surface area contributed by atoms with Gasteiger partial charge in [-0.1, -0.05) is 32.9 Å². The number of rotatable bonds is 8. The predicted octanol–water partition coefficient (Wildman–Crippen LogP) is 1.77. The van der Waals surface area contributed by atoms with Crippen LogP contribution in [0.4, 0.5) is 5.69 Å². The Morgan fingerprint density at radius 3 is 2.50 bits per heavy atom. The van der Waals surface area contributed by atoms with Crippen molar-refractivity contribution < 1.29 is 8.42 Å². The van der Waals surface area contributed by atoms with Gasteiger partial charge in [-0.3, -0.25) is 0 Å². The molecular formula is C14H25N3O2S. The fraction of sp³-hybridized carbons (Fsp3) is 0.571. The Bertz CT molecular complexity index is 527. The largest absolute Gasteiger partial charge is 0.383 e. The number of para-hydroxylation sites is 1. The van der Waals surface area contributed by atoms with Crippen LogP contribution in [0.3, 0.4) is 0 Å². The van der Waals surface area contributed by atoms with Crippen LogP contribution in [0.1, 0.15) is 27.2 Å². The Morgan fingerprint density at radius 2 is 1.90 bits per heavy atom. The standard InChI is InChI=1S/C14H25N3O2S/c1-4-9-17-20(18,19)13-8-6-5-7-12(13)16-11-14(2,3)10-15/h5-8,16-17H,4,9-11,15H2,1-3H3. The molecule has 4 N–H and O–H groups in total. The van der Waals surface area contributed by atoms with Gasteiger partial charge in [-0.05, 0) is 30.5 Å². The lowest BCUT2D eigenvalue weighted by molar-refractivity contribution is 0.405. The molecule has 0 saturated carbocycles. The van der Waals surface area contributed by atoms with Crippen molar-refractivity contribution in [1.82, 2.24) is 4.72 Å². The Kier molecular flexibility index (Phi) is 5.98. The van der Waals surface area contributed by atoms with E-state index in [-0.39, 0.29) is 10.3 Å². The topological polar surface area (TPSA) is 84.2 Å². The molecule has 0 aliphatic rings. The first-order valence-corrected chi connectivity index (χ1v) is 8.33. The summed E-state index contributed by atoms with van der Waals surface area (Å²) in [6.45, 7) is 7.58. The Morgan fingerprint density at radius 1 is 1.25 bits per heavy atom. The zero-order chi connectivity index (χ0) is 15.2. The maximum atomic E-state index is 12.2. The highest BCUT2D eigenvalue weighted by atomic mass is 32.2. The summed E-state index contributed by atoms with van der Waals surface area (Å²) in [6.07, 6.45) is 0.759. The van der Waals surface area contributed by atoms with Gasteiger partial charge >= 0.3 is 0 Å². The van der Waals surface area contributed by atoms with Gasteiger partial charge in [-0.25, -0.2) is 13.1 Å². The van der Waals surface area contributed by atoms with Gasteiger partial charge in [-0.2, -0.15) is 0 Å². The van der Waals surface area contributed by atoms with Crippen molar-refractivity contribution in [3.63, 3.8) is 0 Å². The van der Waals surface area contributed by atoms with Crippen LogP contribution in [-0.4, -0.2) is 28.1 Å². The van der Waals surface area contributed by atoms with Crippen molar-refractivity contribution in [1.29, 1.82) is 0 Å². The highest BCUT2D eigenvalue weighted by molar-refractivity contribution is 7.89. The van der Waals surface area contributed by atoms with Crippen LogP contribution < -0.4 is 15.8 Å². The van der Waals surface area contributed by atoms with E-state index in [0.717, 1.165) is 6.42 Å². The zero-order valence-corrected chi connectivity index (χ0v) is 13.3. The van der Waals surface area contributed by atoms with Gasteiger partial charge in [0, 0.05) is 13.1 Å². The average molecular weight is 299 g/mol. The Labute approximate surface area is 122 Å². The molecule has 0 atom stereocenters. The SMILES string of the molecule is CCCNS(=O)(=O)c1ccccc1NCC(C)(C)CN. The molecule has 6 heteroatoms. The summed E-state index contributed by atoms with van der Waals surface area (Å²) in [7, 11) is -3.47. The molecule has 0 radical (unpaired) electrons. The third kappa shape index (κ3) is 4.77. The van der Waals surface area contributed by atoms with Crippen molar-refractivity contribution in [2.75, 3.05) is 25.0 Å². The molecule has 0 aliphatic carbocycles. The molecule has 20 heavy (non-hydrogen) atoms. The summed E-state index contributed by atoms with van der Waals surface area (Å²) in [5.74, 6) is 0. The molecule has 0 spiro atoms. The molecule has 114 valence electrons. The van der Waals surface area contributed by atoms with E-state index in [4.69, 9.17) is 5.73 Å². The summed E-state index contributed by atoms with van der Waals surface area (Å²) in [5.41, 5.74) is 6.21. The lowest BCUT2D eigenvalue weighted by atomic mass is 9.94. The van der Waals surface area contributed by atoms with Crippen LogP contribution in [0.25, 0.3) is 0 Å². The fourth-order valence-corrected chi connectivity index (χ4v) is 2.88. The lowest BCUT2D eigenvalue weighted by Gasteiger charge is -2.24.